The number of aliphatic hydroxyl groups excluding tert-OH is 1. The van der Waals surface area contributed by atoms with E-state index in [9.17, 15) is 15.1 Å². The van der Waals surface area contributed by atoms with E-state index in [2.05, 4.69) is 42.5 Å². The Bertz CT molecular complexity index is 741. The fourth-order valence-electron chi connectivity index (χ4n) is 2.05. The predicted molar refractivity (Wildman–Crippen MR) is 102 cm³/mol. The van der Waals surface area contributed by atoms with Crippen molar-refractivity contribution in [2.75, 3.05) is 22.2 Å². The molecule has 0 aliphatic carbocycles. The summed E-state index contributed by atoms with van der Waals surface area (Å²) in [7, 11) is 0. The average Bonchev–Trinajstić information content (AvgIpc) is 2.54. The molecule has 0 heterocycles. The molecular weight excluding hydrogens is 442 g/mol. The van der Waals surface area contributed by atoms with Gasteiger partial charge in [-0.15, -0.1) is 0 Å². The lowest BCUT2D eigenvalue weighted by atomic mass is 10.2. The number of nitrogens with one attached hydrogen (secondary N) is 2. The minimum Gasteiger partial charge on any atom is -0.392 e. The number of rotatable bonds is 5. The largest absolute Gasteiger partial charge is 0.392 e. The van der Waals surface area contributed by atoms with Crippen molar-refractivity contribution in [2.24, 2.45) is 0 Å². The first-order chi connectivity index (χ1) is 11.4. The standard InChI is InChI=1S/C16H17Br2N3O3/c1-2-21(24)15-6-5-12(8-13(15)18)19-16(23)20-14-7-11(17)4-3-10(14)9-22/h3-8,22,24H,2,9H2,1H3,(H2,19,20,23). The molecule has 128 valence electrons. The van der Waals surface area contributed by atoms with Crippen molar-refractivity contribution in [2.45, 2.75) is 13.5 Å². The van der Waals surface area contributed by atoms with Crippen LogP contribution in [0, 0.1) is 0 Å². The molecule has 2 aromatic carbocycles. The summed E-state index contributed by atoms with van der Waals surface area (Å²) in [6.07, 6.45) is 0. The molecule has 0 unspecified atom stereocenters. The maximum atomic E-state index is 12.2. The number of aliphatic hydroxyl groups is 1. The van der Waals surface area contributed by atoms with Gasteiger partial charge in [-0.25, -0.2) is 4.79 Å². The van der Waals surface area contributed by atoms with E-state index in [0.717, 1.165) is 9.54 Å². The van der Waals surface area contributed by atoms with Crippen LogP contribution in [0.25, 0.3) is 0 Å². The number of carbonyl (C=O) groups excluding carboxylic acids is 1. The van der Waals surface area contributed by atoms with Gasteiger partial charge in [-0.1, -0.05) is 22.0 Å². The van der Waals surface area contributed by atoms with Gasteiger partial charge in [-0.3, -0.25) is 10.3 Å². The van der Waals surface area contributed by atoms with Gasteiger partial charge in [0.25, 0.3) is 0 Å². The summed E-state index contributed by atoms with van der Waals surface area (Å²) in [4.78, 5) is 12.2. The fraction of sp³-hybridized carbons (Fsp3) is 0.188. The summed E-state index contributed by atoms with van der Waals surface area (Å²) in [6, 6.07) is 9.88. The molecule has 0 aliphatic heterocycles. The third-order valence-electron chi connectivity index (χ3n) is 3.27. The monoisotopic (exact) mass is 457 g/mol. The van der Waals surface area contributed by atoms with Crippen molar-refractivity contribution in [1.29, 1.82) is 0 Å². The van der Waals surface area contributed by atoms with Gasteiger partial charge >= 0.3 is 6.03 Å². The van der Waals surface area contributed by atoms with Crippen LogP contribution in [0.15, 0.2) is 45.3 Å². The Morgan fingerprint density at radius 1 is 1.17 bits per heavy atom. The second kappa shape index (κ2) is 8.48. The second-order valence-electron chi connectivity index (χ2n) is 4.92. The quantitative estimate of drug-likeness (QED) is 0.494. The molecule has 2 amide bonds. The van der Waals surface area contributed by atoms with Crippen LogP contribution in [-0.2, 0) is 6.61 Å². The summed E-state index contributed by atoms with van der Waals surface area (Å²) >= 11 is 6.70. The lowest BCUT2D eigenvalue weighted by molar-refractivity contribution is 0.259. The van der Waals surface area contributed by atoms with Crippen LogP contribution in [0.5, 0.6) is 0 Å². The van der Waals surface area contributed by atoms with Crippen LogP contribution in [0.1, 0.15) is 12.5 Å². The molecule has 2 aromatic rings. The molecule has 0 atom stereocenters. The summed E-state index contributed by atoms with van der Waals surface area (Å²) in [6.45, 7) is 2.09. The average molecular weight is 459 g/mol. The molecule has 0 aliphatic rings. The number of hydrogen-bond donors (Lipinski definition) is 4. The number of nitrogens with zero attached hydrogens (tertiary/aromatic N) is 1. The Morgan fingerprint density at radius 2 is 1.92 bits per heavy atom. The first-order valence-electron chi connectivity index (χ1n) is 7.17. The number of benzene rings is 2. The molecule has 0 saturated carbocycles. The van der Waals surface area contributed by atoms with Crippen LogP contribution < -0.4 is 15.7 Å². The highest BCUT2D eigenvalue weighted by Crippen LogP contribution is 2.28. The molecule has 2 rings (SSSR count). The first-order valence-corrected chi connectivity index (χ1v) is 8.76. The van der Waals surface area contributed by atoms with Gasteiger partial charge in [0.1, 0.15) is 0 Å². The summed E-state index contributed by atoms with van der Waals surface area (Å²) < 4.78 is 1.45. The molecule has 0 aromatic heterocycles. The third kappa shape index (κ3) is 4.70. The van der Waals surface area contributed by atoms with E-state index < -0.39 is 6.03 Å². The lowest BCUT2D eigenvalue weighted by Crippen LogP contribution is -2.21. The maximum Gasteiger partial charge on any atom is 0.323 e. The number of halogens is 2. The maximum absolute atomic E-state index is 12.2. The van der Waals surface area contributed by atoms with Gasteiger partial charge in [-0.2, -0.15) is 0 Å². The van der Waals surface area contributed by atoms with Crippen LogP contribution in [-0.4, -0.2) is 22.9 Å². The molecule has 8 heteroatoms. The van der Waals surface area contributed by atoms with E-state index >= 15 is 0 Å². The molecule has 0 radical (unpaired) electrons. The Balaban J connectivity index is 2.10. The van der Waals surface area contributed by atoms with Crippen molar-refractivity contribution >= 4 is 55.0 Å². The Morgan fingerprint density at radius 3 is 2.54 bits per heavy atom. The minimum atomic E-state index is -0.432. The molecule has 0 spiro atoms. The van der Waals surface area contributed by atoms with E-state index in [4.69, 9.17) is 0 Å². The van der Waals surface area contributed by atoms with Crippen LogP contribution >= 0.6 is 31.9 Å². The topological polar surface area (TPSA) is 84.8 Å². The molecule has 24 heavy (non-hydrogen) atoms. The van der Waals surface area contributed by atoms with Gasteiger partial charge in [0, 0.05) is 32.4 Å². The molecule has 0 saturated heterocycles. The lowest BCUT2D eigenvalue weighted by Gasteiger charge is -2.17. The van der Waals surface area contributed by atoms with Gasteiger partial charge in [0.2, 0.25) is 0 Å². The van der Waals surface area contributed by atoms with E-state index in [-0.39, 0.29) is 6.61 Å². The molecule has 6 nitrogen and oxygen atoms in total. The number of amides is 2. The molecule has 0 bridgehead atoms. The summed E-state index contributed by atoms with van der Waals surface area (Å²) in [5, 5.41) is 25.6. The number of anilines is 3. The smallest absolute Gasteiger partial charge is 0.323 e. The number of urea groups is 1. The molecule has 0 fully saturated rings. The van der Waals surface area contributed by atoms with Gasteiger partial charge in [0.15, 0.2) is 0 Å². The fourth-order valence-corrected chi connectivity index (χ4v) is 3.00. The normalized spacial score (nSPS) is 10.4. The van der Waals surface area contributed by atoms with Crippen molar-refractivity contribution < 1.29 is 15.1 Å². The van der Waals surface area contributed by atoms with E-state index in [1.165, 1.54) is 0 Å². The highest BCUT2D eigenvalue weighted by Gasteiger charge is 2.10. The number of carbonyl (C=O) groups is 1. The van der Waals surface area contributed by atoms with Gasteiger partial charge in [-0.05, 0) is 53.2 Å². The number of hydroxylamine groups is 1. The zero-order chi connectivity index (χ0) is 17.7. The van der Waals surface area contributed by atoms with Gasteiger partial charge < -0.3 is 15.7 Å². The van der Waals surface area contributed by atoms with E-state index in [1.54, 1.807) is 36.4 Å². The van der Waals surface area contributed by atoms with Crippen molar-refractivity contribution in [3.05, 3.63) is 50.9 Å². The van der Waals surface area contributed by atoms with Crippen LogP contribution in [0.3, 0.4) is 0 Å². The van der Waals surface area contributed by atoms with Crippen LogP contribution in [0.2, 0.25) is 0 Å². The predicted octanol–water partition coefficient (Wildman–Crippen LogP) is 4.56. The summed E-state index contributed by atoms with van der Waals surface area (Å²) in [5.74, 6) is 0. The Hall–Kier alpha value is -1.61. The van der Waals surface area contributed by atoms with E-state index in [1.807, 2.05) is 6.92 Å². The summed E-state index contributed by atoms with van der Waals surface area (Å²) in [5.41, 5.74) is 2.31. The SMILES string of the molecule is CCN(O)c1ccc(NC(=O)Nc2cc(Br)ccc2CO)cc1Br. The Kier molecular flexibility index (Phi) is 6.61. The second-order valence-corrected chi connectivity index (χ2v) is 6.69. The van der Waals surface area contributed by atoms with Crippen molar-refractivity contribution in [3.63, 3.8) is 0 Å². The zero-order valence-corrected chi connectivity index (χ0v) is 16.1. The number of hydrogen-bond acceptors (Lipinski definition) is 4. The third-order valence-corrected chi connectivity index (χ3v) is 4.40. The minimum absolute atomic E-state index is 0.174. The molecular formula is C16H17Br2N3O3. The highest BCUT2D eigenvalue weighted by atomic mass is 79.9. The Labute approximate surface area is 156 Å². The van der Waals surface area contributed by atoms with Gasteiger partial charge in [0.05, 0.1) is 12.3 Å². The van der Waals surface area contributed by atoms with Crippen molar-refractivity contribution in [3.8, 4) is 0 Å². The first kappa shape index (κ1) is 18.7. The van der Waals surface area contributed by atoms with Crippen molar-refractivity contribution in [1.82, 2.24) is 0 Å². The zero-order valence-electron chi connectivity index (χ0n) is 12.9. The van der Waals surface area contributed by atoms with E-state index in [0.29, 0.717) is 33.6 Å². The van der Waals surface area contributed by atoms with Crippen LogP contribution in [0.4, 0.5) is 21.9 Å². The highest BCUT2D eigenvalue weighted by molar-refractivity contribution is 9.10. The molecule has 4 N–H and O–H groups in total.